The average molecular weight is 544 g/mol. The summed E-state index contributed by atoms with van der Waals surface area (Å²) in [7, 11) is 1.42. The Kier molecular flexibility index (Phi) is 9.88. The molecule has 0 spiro atoms. The van der Waals surface area contributed by atoms with Gasteiger partial charge in [0.2, 0.25) is 0 Å². The van der Waals surface area contributed by atoms with E-state index in [1.54, 1.807) is 48.5 Å². The third kappa shape index (κ3) is 7.70. The molecule has 9 nitrogen and oxygen atoms in total. The van der Waals surface area contributed by atoms with Crippen LogP contribution in [0.15, 0.2) is 65.8 Å². The van der Waals surface area contributed by atoms with E-state index in [0.717, 1.165) is 6.42 Å². The minimum absolute atomic E-state index is 0.111. The SMILES string of the molecule is CCCOc1ccc(C(=O)Oc2ccc(C=NNC(=O)C(=O)Nc3cccc(Cl)c3Cl)cc2OC)cc1. The third-order valence-corrected chi connectivity index (χ3v) is 5.56. The van der Waals surface area contributed by atoms with Crippen LogP contribution in [0.4, 0.5) is 5.69 Å². The second-order valence-electron chi connectivity index (χ2n) is 7.43. The summed E-state index contributed by atoms with van der Waals surface area (Å²) in [5.74, 6) is -1.45. The highest BCUT2D eigenvalue weighted by Gasteiger charge is 2.16. The molecule has 3 rings (SSSR count). The number of halogens is 2. The van der Waals surface area contributed by atoms with Gasteiger partial charge in [0, 0.05) is 0 Å². The van der Waals surface area contributed by atoms with E-state index in [2.05, 4.69) is 15.8 Å². The molecule has 0 fully saturated rings. The highest BCUT2D eigenvalue weighted by atomic mass is 35.5. The van der Waals surface area contributed by atoms with E-state index in [1.165, 1.54) is 25.5 Å². The number of nitrogens with one attached hydrogen (secondary N) is 2. The molecule has 0 saturated heterocycles. The number of carbonyl (C=O) groups excluding carboxylic acids is 3. The maximum Gasteiger partial charge on any atom is 0.343 e. The molecular weight excluding hydrogens is 521 g/mol. The maximum atomic E-state index is 12.5. The van der Waals surface area contributed by atoms with Crippen molar-refractivity contribution >= 4 is 52.9 Å². The van der Waals surface area contributed by atoms with Gasteiger partial charge >= 0.3 is 17.8 Å². The summed E-state index contributed by atoms with van der Waals surface area (Å²) in [6.07, 6.45) is 2.17. The quantitative estimate of drug-likeness (QED) is 0.127. The van der Waals surface area contributed by atoms with Crippen molar-refractivity contribution in [3.05, 3.63) is 81.8 Å². The number of hydrazone groups is 1. The monoisotopic (exact) mass is 543 g/mol. The molecule has 0 radical (unpaired) electrons. The van der Waals surface area contributed by atoms with Crippen molar-refractivity contribution in [3.8, 4) is 17.2 Å². The smallest absolute Gasteiger partial charge is 0.343 e. The van der Waals surface area contributed by atoms with Crippen LogP contribution in [-0.2, 0) is 9.59 Å². The van der Waals surface area contributed by atoms with Crippen molar-refractivity contribution in [3.63, 3.8) is 0 Å². The van der Waals surface area contributed by atoms with Gasteiger partial charge in [-0.3, -0.25) is 9.59 Å². The van der Waals surface area contributed by atoms with Gasteiger partial charge in [0.25, 0.3) is 0 Å². The molecule has 0 atom stereocenters. The number of esters is 1. The number of ether oxygens (including phenoxy) is 3. The van der Waals surface area contributed by atoms with Crippen molar-refractivity contribution in [1.82, 2.24) is 5.43 Å². The van der Waals surface area contributed by atoms with Crippen LogP contribution in [0.2, 0.25) is 10.0 Å². The van der Waals surface area contributed by atoms with Gasteiger partial charge < -0.3 is 19.5 Å². The summed E-state index contributed by atoms with van der Waals surface area (Å²) in [5, 5.41) is 6.46. The fourth-order valence-corrected chi connectivity index (χ4v) is 3.26. The summed E-state index contributed by atoms with van der Waals surface area (Å²) in [6.45, 7) is 2.59. The lowest BCUT2D eigenvalue weighted by Crippen LogP contribution is -2.32. The molecule has 0 bridgehead atoms. The first-order chi connectivity index (χ1) is 17.8. The van der Waals surface area contributed by atoms with Crippen LogP contribution in [0.25, 0.3) is 0 Å². The van der Waals surface area contributed by atoms with E-state index in [9.17, 15) is 14.4 Å². The minimum atomic E-state index is -1.02. The van der Waals surface area contributed by atoms with Gasteiger partial charge in [-0.15, -0.1) is 0 Å². The van der Waals surface area contributed by atoms with Crippen molar-refractivity contribution in [2.75, 3.05) is 19.0 Å². The maximum absolute atomic E-state index is 12.5. The number of hydrogen-bond donors (Lipinski definition) is 2. The Morgan fingerprint density at radius 2 is 1.73 bits per heavy atom. The molecule has 0 saturated carbocycles. The van der Waals surface area contributed by atoms with Gasteiger partial charge in [0.15, 0.2) is 11.5 Å². The number of amides is 2. The highest BCUT2D eigenvalue weighted by molar-refractivity contribution is 6.45. The predicted molar refractivity (Wildman–Crippen MR) is 141 cm³/mol. The Bertz CT molecular complexity index is 1310. The van der Waals surface area contributed by atoms with E-state index in [1.807, 2.05) is 6.92 Å². The van der Waals surface area contributed by atoms with Crippen molar-refractivity contribution < 1.29 is 28.6 Å². The minimum Gasteiger partial charge on any atom is -0.494 e. The number of benzene rings is 3. The summed E-state index contributed by atoms with van der Waals surface area (Å²) in [6, 6.07) is 15.9. The highest BCUT2D eigenvalue weighted by Crippen LogP contribution is 2.30. The number of hydrogen-bond acceptors (Lipinski definition) is 7. The Hall–Kier alpha value is -4.08. The summed E-state index contributed by atoms with van der Waals surface area (Å²) in [5.41, 5.74) is 3.15. The summed E-state index contributed by atoms with van der Waals surface area (Å²) >= 11 is 11.9. The Labute approximate surface area is 223 Å². The fraction of sp³-hybridized carbons (Fsp3) is 0.154. The van der Waals surface area contributed by atoms with Crippen LogP contribution < -0.4 is 25.0 Å². The van der Waals surface area contributed by atoms with Crippen LogP contribution in [-0.4, -0.2) is 37.7 Å². The second kappa shape index (κ2) is 13.3. The van der Waals surface area contributed by atoms with Crippen LogP contribution in [0.1, 0.15) is 29.3 Å². The summed E-state index contributed by atoms with van der Waals surface area (Å²) in [4.78, 5) is 36.6. The van der Waals surface area contributed by atoms with E-state index in [4.69, 9.17) is 37.4 Å². The van der Waals surface area contributed by atoms with Gasteiger partial charge in [-0.25, -0.2) is 10.2 Å². The molecule has 0 aliphatic heterocycles. The average Bonchev–Trinajstić information content (AvgIpc) is 2.90. The van der Waals surface area contributed by atoms with Gasteiger partial charge in [-0.2, -0.15) is 5.10 Å². The number of methoxy groups -OCH3 is 1. The first-order valence-electron chi connectivity index (χ1n) is 11.0. The first kappa shape index (κ1) is 27.5. The fourth-order valence-electron chi connectivity index (χ4n) is 2.91. The zero-order valence-electron chi connectivity index (χ0n) is 19.9. The van der Waals surface area contributed by atoms with Crippen molar-refractivity contribution in [1.29, 1.82) is 0 Å². The third-order valence-electron chi connectivity index (χ3n) is 4.74. The molecule has 3 aromatic rings. The number of anilines is 1. The Morgan fingerprint density at radius 3 is 2.43 bits per heavy atom. The number of rotatable bonds is 9. The van der Waals surface area contributed by atoms with Crippen LogP contribution in [0, 0.1) is 0 Å². The predicted octanol–water partition coefficient (Wildman–Crippen LogP) is 5.10. The topological polar surface area (TPSA) is 115 Å². The number of carbonyl (C=O) groups is 3. The molecular formula is C26H23Cl2N3O6. The molecule has 0 aromatic heterocycles. The van der Waals surface area contributed by atoms with Gasteiger partial charge in [0.1, 0.15) is 5.75 Å². The van der Waals surface area contributed by atoms with E-state index in [-0.39, 0.29) is 27.2 Å². The van der Waals surface area contributed by atoms with Crippen LogP contribution in [0.5, 0.6) is 17.2 Å². The van der Waals surface area contributed by atoms with Gasteiger partial charge in [-0.1, -0.05) is 36.2 Å². The molecule has 192 valence electrons. The zero-order chi connectivity index (χ0) is 26.8. The zero-order valence-corrected chi connectivity index (χ0v) is 21.4. The van der Waals surface area contributed by atoms with E-state index < -0.39 is 17.8 Å². The Morgan fingerprint density at radius 1 is 0.973 bits per heavy atom. The van der Waals surface area contributed by atoms with Gasteiger partial charge in [-0.05, 0) is 66.6 Å². The Balaban J connectivity index is 1.59. The molecule has 2 amide bonds. The van der Waals surface area contributed by atoms with E-state index in [0.29, 0.717) is 23.5 Å². The van der Waals surface area contributed by atoms with Crippen LogP contribution in [0.3, 0.4) is 0 Å². The normalized spacial score (nSPS) is 10.6. The lowest BCUT2D eigenvalue weighted by atomic mass is 10.2. The van der Waals surface area contributed by atoms with Crippen molar-refractivity contribution in [2.45, 2.75) is 13.3 Å². The van der Waals surface area contributed by atoms with Crippen LogP contribution >= 0.6 is 23.2 Å². The lowest BCUT2D eigenvalue weighted by Gasteiger charge is -2.10. The molecule has 3 aromatic carbocycles. The molecule has 2 N–H and O–H groups in total. The first-order valence-corrected chi connectivity index (χ1v) is 11.8. The molecule has 0 aliphatic carbocycles. The molecule has 0 heterocycles. The molecule has 0 unspecified atom stereocenters. The molecule has 0 aliphatic rings. The largest absolute Gasteiger partial charge is 0.494 e. The lowest BCUT2D eigenvalue weighted by molar-refractivity contribution is -0.136. The molecule has 37 heavy (non-hydrogen) atoms. The standard InChI is InChI=1S/C26H23Cl2N3O6/c1-3-13-36-18-10-8-17(9-11-18)26(34)37-21-12-7-16(14-22(21)35-2)15-29-31-25(33)24(32)30-20-6-4-5-19(27)23(20)28/h4-12,14-15H,3,13H2,1-2H3,(H,30,32)(H,31,33). The summed E-state index contributed by atoms with van der Waals surface area (Å²) < 4.78 is 16.3. The number of nitrogens with zero attached hydrogens (tertiary/aromatic N) is 1. The van der Waals surface area contributed by atoms with Crippen molar-refractivity contribution in [2.24, 2.45) is 5.10 Å². The van der Waals surface area contributed by atoms with Gasteiger partial charge in [0.05, 0.1) is 41.2 Å². The second-order valence-corrected chi connectivity index (χ2v) is 8.21. The van der Waals surface area contributed by atoms with E-state index >= 15 is 0 Å². The molecule has 11 heteroatoms.